The number of H-pyrrole nitrogens is 1. The Morgan fingerprint density at radius 1 is 1.10 bits per heavy atom. The second-order valence-electron chi connectivity index (χ2n) is 6.62. The first-order chi connectivity index (χ1) is 14.4. The van der Waals surface area contributed by atoms with Crippen LogP contribution in [0, 0.1) is 10.6 Å². The smallest absolute Gasteiger partial charge is 0.266 e. The van der Waals surface area contributed by atoms with E-state index in [2.05, 4.69) is 10.3 Å². The minimum Gasteiger partial charge on any atom is -0.348 e. The summed E-state index contributed by atoms with van der Waals surface area (Å²) in [4.78, 5) is 28.6. The summed E-state index contributed by atoms with van der Waals surface area (Å²) < 4.78 is 14.5. The van der Waals surface area contributed by atoms with Gasteiger partial charge in [0, 0.05) is 17.1 Å². The number of benzene rings is 3. The number of rotatable bonds is 4. The Morgan fingerprint density at radius 2 is 1.87 bits per heavy atom. The lowest BCUT2D eigenvalue weighted by atomic mass is 10.1. The Hall–Kier alpha value is -3.29. The Kier molecular flexibility index (Phi) is 5.48. The lowest BCUT2D eigenvalue weighted by molar-refractivity contribution is 0.0951. The Bertz CT molecular complexity index is 1380. The van der Waals surface area contributed by atoms with Gasteiger partial charge in [0.1, 0.15) is 5.82 Å². The molecule has 4 aromatic rings. The van der Waals surface area contributed by atoms with Crippen molar-refractivity contribution in [2.45, 2.75) is 6.54 Å². The summed E-state index contributed by atoms with van der Waals surface area (Å²) in [5.74, 6) is -0.658. The molecule has 0 radical (unpaired) electrons. The van der Waals surface area contributed by atoms with E-state index >= 15 is 0 Å². The van der Waals surface area contributed by atoms with Crippen LogP contribution in [0.1, 0.15) is 15.9 Å². The fourth-order valence-electron chi connectivity index (χ4n) is 3.10. The highest BCUT2D eigenvalue weighted by Crippen LogP contribution is 2.17. The maximum atomic E-state index is 13.0. The molecule has 0 aliphatic carbocycles. The first kappa shape index (κ1) is 20.0. The minimum atomic E-state index is -0.336. The zero-order valence-corrected chi connectivity index (χ0v) is 17.1. The van der Waals surface area contributed by atoms with Gasteiger partial charge in [-0.2, -0.15) is 0 Å². The van der Waals surface area contributed by atoms with Crippen molar-refractivity contribution in [2.24, 2.45) is 0 Å². The lowest BCUT2D eigenvalue weighted by Gasteiger charge is -2.10. The van der Waals surface area contributed by atoms with Gasteiger partial charge in [-0.1, -0.05) is 29.8 Å². The monoisotopic (exact) mass is 439 g/mol. The normalized spacial score (nSPS) is 10.9. The third-order valence-corrected chi connectivity index (χ3v) is 5.11. The molecular formula is C22H15ClFN3O2S. The average molecular weight is 440 g/mol. The van der Waals surface area contributed by atoms with Crippen LogP contribution in [0.25, 0.3) is 16.6 Å². The molecule has 0 aliphatic heterocycles. The van der Waals surface area contributed by atoms with E-state index in [0.29, 0.717) is 27.2 Å². The molecule has 0 fully saturated rings. The van der Waals surface area contributed by atoms with Gasteiger partial charge < -0.3 is 10.3 Å². The highest BCUT2D eigenvalue weighted by Gasteiger charge is 2.11. The number of amides is 1. The van der Waals surface area contributed by atoms with Gasteiger partial charge >= 0.3 is 0 Å². The summed E-state index contributed by atoms with van der Waals surface area (Å²) in [6, 6.07) is 17.4. The van der Waals surface area contributed by atoms with Crippen molar-refractivity contribution in [1.82, 2.24) is 14.9 Å². The Morgan fingerprint density at radius 3 is 2.63 bits per heavy atom. The zero-order valence-electron chi connectivity index (χ0n) is 15.5. The van der Waals surface area contributed by atoms with Crippen LogP contribution in [-0.2, 0) is 6.54 Å². The molecule has 0 aliphatic rings. The van der Waals surface area contributed by atoms with Gasteiger partial charge in [-0.25, -0.2) is 4.39 Å². The number of nitrogens with zero attached hydrogens (tertiary/aromatic N) is 1. The summed E-state index contributed by atoms with van der Waals surface area (Å²) in [6.07, 6.45) is 0. The number of carbonyl (C=O) groups excluding carboxylic acids is 1. The van der Waals surface area contributed by atoms with Crippen LogP contribution >= 0.6 is 23.8 Å². The standard InChI is InChI=1S/C22H15ClFN3O2S/c23-15-6-9-18-19(11-15)26-22(30)27(21(18)29)17-3-1-2-14(10-17)20(28)25-12-13-4-7-16(24)8-5-13/h1-11H,12H2,(H,25,28)(H,26,30). The fraction of sp³-hybridized carbons (Fsp3) is 0.0455. The molecule has 0 spiro atoms. The van der Waals surface area contributed by atoms with Gasteiger partial charge in [-0.15, -0.1) is 0 Å². The van der Waals surface area contributed by atoms with Crippen LogP contribution in [0.3, 0.4) is 0 Å². The number of halogens is 2. The molecule has 150 valence electrons. The van der Waals surface area contributed by atoms with Gasteiger partial charge in [0.15, 0.2) is 4.77 Å². The van der Waals surface area contributed by atoms with Crippen molar-refractivity contribution in [2.75, 3.05) is 0 Å². The molecular weight excluding hydrogens is 425 g/mol. The van der Waals surface area contributed by atoms with Crippen LogP contribution in [-0.4, -0.2) is 15.5 Å². The average Bonchev–Trinajstić information content (AvgIpc) is 2.73. The van der Waals surface area contributed by atoms with Gasteiger partial charge in [0.25, 0.3) is 11.5 Å². The van der Waals surface area contributed by atoms with E-state index in [9.17, 15) is 14.0 Å². The summed E-state index contributed by atoms with van der Waals surface area (Å²) in [5, 5.41) is 3.70. The molecule has 1 amide bonds. The molecule has 0 atom stereocenters. The number of fused-ring (bicyclic) bond motifs is 1. The predicted molar refractivity (Wildman–Crippen MR) is 117 cm³/mol. The summed E-state index contributed by atoms with van der Waals surface area (Å²) in [7, 11) is 0. The van der Waals surface area contributed by atoms with Crippen LogP contribution in [0.5, 0.6) is 0 Å². The third-order valence-electron chi connectivity index (χ3n) is 4.59. The fourth-order valence-corrected chi connectivity index (χ4v) is 3.57. The molecule has 0 bridgehead atoms. The van der Waals surface area contributed by atoms with E-state index in [0.717, 1.165) is 5.56 Å². The number of nitrogens with one attached hydrogen (secondary N) is 2. The van der Waals surface area contributed by atoms with E-state index in [1.807, 2.05) is 0 Å². The summed E-state index contributed by atoms with van der Waals surface area (Å²) in [5.41, 5.74) is 1.84. The molecule has 1 aromatic heterocycles. The maximum Gasteiger partial charge on any atom is 0.266 e. The van der Waals surface area contributed by atoms with Crippen molar-refractivity contribution in [3.63, 3.8) is 0 Å². The molecule has 5 nitrogen and oxygen atoms in total. The SMILES string of the molecule is O=C(NCc1ccc(F)cc1)c1cccc(-n2c(=S)[nH]c3cc(Cl)ccc3c2=O)c1. The second kappa shape index (κ2) is 8.22. The van der Waals surface area contributed by atoms with Crippen LogP contribution in [0.4, 0.5) is 4.39 Å². The second-order valence-corrected chi connectivity index (χ2v) is 7.44. The van der Waals surface area contributed by atoms with E-state index in [1.165, 1.54) is 16.7 Å². The molecule has 8 heteroatoms. The number of hydrogen-bond donors (Lipinski definition) is 2. The molecule has 30 heavy (non-hydrogen) atoms. The highest BCUT2D eigenvalue weighted by atomic mass is 35.5. The van der Waals surface area contributed by atoms with Crippen LogP contribution < -0.4 is 10.9 Å². The molecule has 0 saturated heterocycles. The summed E-state index contributed by atoms with van der Waals surface area (Å²) >= 11 is 11.4. The minimum absolute atomic E-state index is 0.193. The van der Waals surface area contributed by atoms with Crippen molar-refractivity contribution in [3.05, 3.63) is 104 Å². The number of hydrogen-bond acceptors (Lipinski definition) is 3. The number of carbonyl (C=O) groups is 1. The number of aromatic nitrogens is 2. The molecule has 0 saturated carbocycles. The van der Waals surface area contributed by atoms with Gasteiger partial charge in [-0.05, 0) is 66.3 Å². The Labute approximate surface area is 180 Å². The Balaban J connectivity index is 1.65. The first-order valence-corrected chi connectivity index (χ1v) is 9.79. The third kappa shape index (κ3) is 4.03. The molecule has 4 rings (SSSR count). The van der Waals surface area contributed by atoms with Crippen molar-refractivity contribution in [3.8, 4) is 5.69 Å². The van der Waals surface area contributed by atoms with Gasteiger partial charge in [0.05, 0.1) is 16.6 Å². The summed E-state index contributed by atoms with van der Waals surface area (Å²) in [6.45, 7) is 0.250. The zero-order chi connectivity index (χ0) is 21.3. The highest BCUT2D eigenvalue weighted by molar-refractivity contribution is 7.71. The number of aromatic amines is 1. The van der Waals surface area contributed by atoms with E-state index in [4.69, 9.17) is 23.8 Å². The lowest BCUT2D eigenvalue weighted by Crippen LogP contribution is -2.24. The largest absolute Gasteiger partial charge is 0.348 e. The molecule has 3 aromatic carbocycles. The molecule has 1 heterocycles. The van der Waals surface area contributed by atoms with Crippen molar-refractivity contribution < 1.29 is 9.18 Å². The van der Waals surface area contributed by atoms with Gasteiger partial charge in [0.2, 0.25) is 0 Å². The molecule has 0 unspecified atom stereocenters. The quantitative estimate of drug-likeness (QED) is 0.450. The van der Waals surface area contributed by atoms with Crippen molar-refractivity contribution in [1.29, 1.82) is 0 Å². The maximum absolute atomic E-state index is 13.0. The van der Waals surface area contributed by atoms with Crippen LogP contribution in [0.15, 0.2) is 71.5 Å². The molecule has 2 N–H and O–H groups in total. The van der Waals surface area contributed by atoms with Gasteiger partial charge in [-0.3, -0.25) is 14.2 Å². The van der Waals surface area contributed by atoms with E-state index < -0.39 is 0 Å². The van der Waals surface area contributed by atoms with E-state index in [1.54, 1.807) is 54.6 Å². The topological polar surface area (TPSA) is 66.9 Å². The van der Waals surface area contributed by atoms with E-state index in [-0.39, 0.29) is 28.6 Å². The predicted octanol–water partition coefficient (Wildman–Crippen LogP) is 4.77. The van der Waals surface area contributed by atoms with Crippen LogP contribution in [0.2, 0.25) is 5.02 Å². The van der Waals surface area contributed by atoms with Crippen molar-refractivity contribution >= 4 is 40.6 Å². The first-order valence-electron chi connectivity index (χ1n) is 9.00.